The summed E-state index contributed by atoms with van der Waals surface area (Å²) in [6.45, 7) is 0. The summed E-state index contributed by atoms with van der Waals surface area (Å²) in [6.07, 6.45) is -2.54. The van der Waals surface area contributed by atoms with E-state index < -0.39 is 12.1 Å². The summed E-state index contributed by atoms with van der Waals surface area (Å²) in [5.74, 6) is -1.93. The molecule has 0 bridgehead atoms. The molecule has 154 valence electrons. The third-order valence-electron chi connectivity index (χ3n) is 5.46. The highest BCUT2D eigenvalue weighted by Gasteiger charge is 2.38. The van der Waals surface area contributed by atoms with Crippen molar-refractivity contribution in [1.29, 1.82) is 0 Å². The number of amides is 1. The normalized spacial score (nSPS) is 15.7. The lowest BCUT2D eigenvalue weighted by Crippen LogP contribution is -2.29. The number of benzene rings is 3. The van der Waals surface area contributed by atoms with Crippen LogP contribution in [0.5, 0.6) is 0 Å². The Kier molecular flexibility index (Phi) is 5.56. The third kappa shape index (κ3) is 4.36. The number of alkyl halides is 3. The van der Waals surface area contributed by atoms with Gasteiger partial charge in [0, 0.05) is 16.6 Å². The van der Waals surface area contributed by atoms with E-state index in [1.165, 1.54) is 28.3 Å². The fourth-order valence-corrected chi connectivity index (χ4v) is 4.30. The van der Waals surface area contributed by atoms with Gasteiger partial charge in [-0.05, 0) is 71.3 Å². The zero-order valence-electron chi connectivity index (χ0n) is 16.0. The van der Waals surface area contributed by atoms with Crippen LogP contribution in [-0.2, 0) is 24.1 Å². The van der Waals surface area contributed by atoms with Gasteiger partial charge in [-0.15, -0.1) is 0 Å². The zero-order chi connectivity index (χ0) is 21.3. The van der Waals surface area contributed by atoms with E-state index in [0.29, 0.717) is 11.4 Å². The molecule has 3 aromatic carbocycles. The largest absolute Gasteiger partial charge is 0.471 e. The minimum absolute atomic E-state index is 0.0459. The molecule has 1 atom stereocenters. The molecule has 4 rings (SSSR count). The van der Waals surface area contributed by atoms with Crippen LogP contribution in [0, 0.1) is 0 Å². The number of fused-ring (bicyclic) bond motifs is 2. The minimum Gasteiger partial charge on any atom is -0.318 e. The molecule has 0 spiro atoms. The van der Waals surface area contributed by atoms with Crippen molar-refractivity contribution in [3.63, 3.8) is 0 Å². The Morgan fingerprint density at radius 1 is 0.933 bits per heavy atom. The molecule has 0 aliphatic heterocycles. The Labute approximate surface area is 177 Å². The van der Waals surface area contributed by atoms with Crippen molar-refractivity contribution in [2.24, 2.45) is 0 Å². The van der Waals surface area contributed by atoms with Gasteiger partial charge >= 0.3 is 12.1 Å². The maximum atomic E-state index is 12.6. The molecule has 0 saturated carbocycles. The third-order valence-corrected chi connectivity index (χ3v) is 5.69. The van der Waals surface area contributed by atoms with Crippen molar-refractivity contribution in [3.8, 4) is 0 Å². The Balaban J connectivity index is 1.69. The van der Waals surface area contributed by atoms with Crippen LogP contribution >= 0.6 is 11.6 Å². The lowest BCUT2D eigenvalue weighted by atomic mass is 9.83. The van der Waals surface area contributed by atoms with E-state index in [0.717, 1.165) is 18.4 Å². The van der Waals surface area contributed by atoms with E-state index in [-0.39, 0.29) is 11.6 Å². The number of hydrogen-bond donors (Lipinski definition) is 1. The molecule has 2 nitrogen and oxygen atoms in total. The Morgan fingerprint density at radius 2 is 1.67 bits per heavy atom. The van der Waals surface area contributed by atoms with Crippen molar-refractivity contribution in [1.82, 2.24) is 0 Å². The van der Waals surface area contributed by atoms with E-state index >= 15 is 0 Å². The van der Waals surface area contributed by atoms with E-state index in [9.17, 15) is 18.0 Å². The number of aryl methyl sites for hydroxylation is 2. The van der Waals surface area contributed by atoms with Gasteiger partial charge in [-0.25, -0.2) is 0 Å². The number of halogens is 4. The number of hydrogen-bond acceptors (Lipinski definition) is 1. The van der Waals surface area contributed by atoms with Gasteiger partial charge < -0.3 is 5.32 Å². The molecule has 0 saturated heterocycles. The molecule has 3 aromatic rings. The van der Waals surface area contributed by atoms with Crippen LogP contribution in [0.15, 0.2) is 66.7 Å². The van der Waals surface area contributed by atoms with Crippen molar-refractivity contribution in [2.45, 2.75) is 31.4 Å². The van der Waals surface area contributed by atoms with Crippen molar-refractivity contribution in [2.75, 3.05) is 5.32 Å². The molecule has 1 unspecified atom stereocenters. The lowest BCUT2D eigenvalue weighted by molar-refractivity contribution is -0.167. The molecule has 1 aliphatic rings. The maximum Gasteiger partial charge on any atom is 0.471 e. The number of carbonyl (C=O) groups is 1. The quantitative estimate of drug-likeness (QED) is 0.519. The smallest absolute Gasteiger partial charge is 0.318 e. The van der Waals surface area contributed by atoms with E-state index in [1.54, 1.807) is 12.1 Å². The first kappa shape index (κ1) is 20.5. The highest BCUT2D eigenvalue weighted by atomic mass is 35.5. The predicted molar refractivity (Wildman–Crippen MR) is 112 cm³/mol. The van der Waals surface area contributed by atoms with Gasteiger partial charge in [0.25, 0.3) is 0 Å². The van der Waals surface area contributed by atoms with Gasteiger partial charge in [-0.2, -0.15) is 13.2 Å². The molecule has 1 N–H and O–H groups in total. The lowest BCUT2D eigenvalue weighted by Gasteiger charge is -2.21. The summed E-state index contributed by atoms with van der Waals surface area (Å²) in [4.78, 5) is 11.3. The van der Waals surface area contributed by atoms with E-state index in [4.69, 9.17) is 11.6 Å². The van der Waals surface area contributed by atoms with Crippen molar-refractivity contribution in [3.05, 3.63) is 99.6 Å². The molecule has 1 aliphatic carbocycles. The molecule has 0 radical (unpaired) electrons. The number of nitrogens with one attached hydrogen (secondary N) is 1. The average Bonchev–Trinajstić information content (AvgIpc) is 2.85. The summed E-state index contributed by atoms with van der Waals surface area (Å²) in [7, 11) is 0. The SMILES string of the molecule is O=C(Nc1cccc(CC2c3ccccc3CCc3cc(Cl)ccc32)c1)C(F)(F)F. The summed E-state index contributed by atoms with van der Waals surface area (Å²) < 4.78 is 37.8. The number of carbonyl (C=O) groups excluding carboxylic acids is 1. The van der Waals surface area contributed by atoms with Gasteiger partial charge in [-0.3, -0.25) is 4.79 Å². The first-order valence-corrected chi connectivity index (χ1v) is 10.0. The standard InChI is InChI=1S/C24H19ClF3NO/c25-18-10-11-21-17(14-18)9-8-16-5-1-2-7-20(16)22(21)13-15-4-3-6-19(12-15)29-23(30)24(26,27)28/h1-7,10-12,14,22H,8-9,13H2,(H,29,30). The topological polar surface area (TPSA) is 29.1 Å². The van der Waals surface area contributed by atoms with E-state index in [2.05, 4.69) is 12.1 Å². The monoisotopic (exact) mass is 429 g/mol. The van der Waals surface area contributed by atoms with Crippen molar-refractivity contribution >= 4 is 23.2 Å². The fourth-order valence-electron chi connectivity index (χ4n) is 4.10. The van der Waals surface area contributed by atoms with Crippen LogP contribution in [0.1, 0.15) is 33.7 Å². The van der Waals surface area contributed by atoms with Crippen LogP contribution in [0.3, 0.4) is 0 Å². The van der Waals surface area contributed by atoms with Crippen LogP contribution in [0.2, 0.25) is 5.02 Å². The summed E-state index contributed by atoms with van der Waals surface area (Å²) >= 11 is 6.22. The Hall–Kier alpha value is -2.79. The summed E-state index contributed by atoms with van der Waals surface area (Å²) in [5.41, 5.74) is 5.81. The highest BCUT2D eigenvalue weighted by Crippen LogP contribution is 2.37. The van der Waals surface area contributed by atoms with Crippen molar-refractivity contribution < 1.29 is 18.0 Å². The fraction of sp³-hybridized carbons (Fsp3) is 0.208. The van der Waals surface area contributed by atoms with Gasteiger partial charge in [-0.1, -0.05) is 54.1 Å². The highest BCUT2D eigenvalue weighted by molar-refractivity contribution is 6.30. The number of anilines is 1. The second-order valence-electron chi connectivity index (χ2n) is 7.45. The second-order valence-corrected chi connectivity index (χ2v) is 7.89. The van der Waals surface area contributed by atoms with Crippen LogP contribution in [-0.4, -0.2) is 12.1 Å². The van der Waals surface area contributed by atoms with Gasteiger partial charge in [0.05, 0.1) is 0 Å². The first-order valence-electron chi connectivity index (χ1n) is 9.64. The Bertz CT molecular complexity index is 1090. The first-order chi connectivity index (χ1) is 14.3. The molecule has 1 amide bonds. The maximum absolute atomic E-state index is 12.6. The molecule has 30 heavy (non-hydrogen) atoms. The molecule has 0 heterocycles. The predicted octanol–water partition coefficient (Wildman–Crippen LogP) is 6.31. The second kappa shape index (κ2) is 8.15. The average molecular weight is 430 g/mol. The van der Waals surface area contributed by atoms with Crippen LogP contribution in [0.25, 0.3) is 0 Å². The Morgan fingerprint density at radius 3 is 2.47 bits per heavy atom. The molecule has 0 aromatic heterocycles. The van der Waals surface area contributed by atoms with E-state index in [1.807, 2.05) is 41.7 Å². The summed E-state index contributed by atoms with van der Waals surface area (Å²) in [5, 5.41) is 2.63. The minimum atomic E-state index is -4.92. The number of rotatable bonds is 3. The zero-order valence-corrected chi connectivity index (χ0v) is 16.7. The van der Waals surface area contributed by atoms with Gasteiger partial charge in [0.2, 0.25) is 0 Å². The van der Waals surface area contributed by atoms with Gasteiger partial charge in [0.15, 0.2) is 0 Å². The molecule has 6 heteroatoms. The molecular weight excluding hydrogens is 411 g/mol. The van der Waals surface area contributed by atoms with Crippen LogP contribution < -0.4 is 5.32 Å². The van der Waals surface area contributed by atoms with Gasteiger partial charge in [0.1, 0.15) is 0 Å². The summed E-state index contributed by atoms with van der Waals surface area (Å²) in [6, 6.07) is 20.8. The van der Waals surface area contributed by atoms with Crippen LogP contribution in [0.4, 0.5) is 18.9 Å². The molecular formula is C24H19ClF3NO. The molecule has 0 fully saturated rings.